The lowest BCUT2D eigenvalue weighted by molar-refractivity contribution is 1.39. The van der Waals surface area contributed by atoms with Gasteiger partial charge in [-0.15, -0.1) is 12.4 Å². The fourth-order valence-electron chi connectivity index (χ4n) is 0. The van der Waals surface area contributed by atoms with Gasteiger partial charge in [-0.05, 0) is 0 Å². The smallest absolute Gasteiger partial charge is 0.163 e. The molecule has 0 rings (SSSR count). The van der Waals surface area contributed by atoms with Gasteiger partial charge in [0.25, 0.3) is 0 Å². The van der Waals surface area contributed by atoms with Gasteiger partial charge in [-0.3, -0.25) is 5.41 Å². The zero-order valence-corrected chi connectivity index (χ0v) is 5.65. The minimum atomic E-state index is -0.843. The first kappa shape index (κ1) is 10.3. The van der Waals surface area contributed by atoms with Crippen molar-refractivity contribution >= 4 is 41.4 Å². The maximum atomic E-state index is 6.46. The van der Waals surface area contributed by atoms with Crippen LogP contribution in [0.4, 0.5) is 0 Å². The fraction of sp³-hybridized carbons (Fsp3) is 0.500. The van der Waals surface area contributed by atoms with E-state index in [-0.39, 0.29) is 18.2 Å². The summed E-state index contributed by atoms with van der Waals surface area (Å²) in [6.45, 7) is 0. The van der Waals surface area contributed by atoms with Crippen LogP contribution in [0, 0.1) is 5.41 Å². The minimum absolute atomic E-state index is 0. The van der Waals surface area contributed by atoms with Crippen molar-refractivity contribution in [3.63, 3.8) is 0 Å². The molecular formula is C2H5Cl3N2. The number of rotatable bonds is 1. The van der Waals surface area contributed by atoms with E-state index in [9.17, 15) is 0 Å². The van der Waals surface area contributed by atoms with Crippen LogP contribution in [0.1, 0.15) is 0 Å². The van der Waals surface area contributed by atoms with Gasteiger partial charge in [0, 0.05) is 0 Å². The monoisotopic (exact) mass is 162 g/mol. The average Bonchev–Trinajstić information content (AvgIpc) is 1.36. The van der Waals surface area contributed by atoms with Crippen LogP contribution in [0.15, 0.2) is 0 Å². The Morgan fingerprint density at radius 3 is 1.71 bits per heavy atom. The maximum Gasteiger partial charge on any atom is 0.163 e. The second-order valence-electron chi connectivity index (χ2n) is 0.756. The first-order chi connectivity index (χ1) is 2.64. The first-order valence-electron chi connectivity index (χ1n) is 1.26. The summed E-state index contributed by atoms with van der Waals surface area (Å²) in [7, 11) is 0. The summed E-state index contributed by atoms with van der Waals surface area (Å²) in [5.74, 6) is -0.210. The molecule has 3 N–H and O–H groups in total. The maximum absolute atomic E-state index is 6.46. The number of hydrogen-bond donors (Lipinski definition) is 2. The third-order valence-corrected chi connectivity index (χ3v) is 0.705. The number of alkyl halides is 2. The van der Waals surface area contributed by atoms with Crippen LogP contribution in [0.2, 0.25) is 0 Å². The Morgan fingerprint density at radius 2 is 1.71 bits per heavy atom. The van der Waals surface area contributed by atoms with Crippen LogP contribution in [-0.4, -0.2) is 10.7 Å². The van der Waals surface area contributed by atoms with Gasteiger partial charge in [-0.25, -0.2) is 0 Å². The molecule has 0 aliphatic heterocycles. The van der Waals surface area contributed by atoms with Crippen molar-refractivity contribution < 1.29 is 0 Å². The minimum Gasteiger partial charge on any atom is -0.385 e. The van der Waals surface area contributed by atoms with E-state index >= 15 is 0 Å². The highest BCUT2D eigenvalue weighted by Gasteiger charge is 1.97. The van der Waals surface area contributed by atoms with Gasteiger partial charge in [0.2, 0.25) is 0 Å². The zero-order chi connectivity index (χ0) is 5.15. The molecule has 0 aromatic rings. The van der Waals surface area contributed by atoms with Crippen LogP contribution < -0.4 is 5.73 Å². The van der Waals surface area contributed by atoms with Crippen LogP contribution in [-0.2, 0) is 0 Å². The second-order valence-corrected chi connectivity index (χ2v) is 1.85. The Hall–Kier alpha value is 0.340. The molecule has 0 aliphatic carbocycles. The summed E-state index contributed by atoms with van der Waals surface area (Å²) < 4.78 is 0. The lowest BCUT2D eigenvalue weighted by Gasteiger charge is -1.90. The molecule has 2 nitrogen and oxygen atoms in total. The molecule has 0 aliphatic rings. The van der Waals surface area contributed by atoms with E-state index in [0.29, 0.717) is 0 Å². The number of nitrogens with one attached hydrogen (secondary N) is 1. The van der Waals surface area contributed by atoms with Crippen LogP contribution in [0.3, 0.4) is 0 Å². The molecule has 0 heterocycles. The summed E-state index contributed by atoms with van der Waals surface area (Å²) >= 11 is 10.1. The van der Waals surface area contributed by atoms with Gasteiger partial charge >= 0.3 is 0 Å². The predicted octanol–water partition coefficient (Wildman–Crippen LogP) is 1.15. The number of amidine groups is 1. The molecule has 0 saturated heterocycles. The number of nitrogens with two attached hydrogens (primary N) is 1. The molecule has 0 atom stereocenters. The lowest BCUT2D eigenvalue weighted by Crippen LogP contribution is -2.16. The second kappa shape index (κ2) is 4.50. The van der Waals surface area contributed by atoms with Crippen molar-refractivity contribution in [3.05, 3.63) is 0 Å². The molecular weight excluding hydrogens is 158 g/mol. The summed E-state index contributed by atoms with van der Waals surface area (Å²) in [6.07, 6.45) is 0. The molecule has 0 saturated carbocycles. The fourth-order valence-corrected chi connectivity index (χ4v) is 0. The van der Waals surface area contributed by atoms with Crippen LogP contribution in [0.5, 0.6) is 0 Å². The summed E-state index contributed by atoms with van der Waals surface area (Å²) in [6, 6.07) is 0. The van der Waals surface area contributed by atoms with Gasteiger partial charge in [0.1, 0.15) is 5.84 Å². The largest absolute Gasteiger partial charge is 0.385 e. The predicted molar refractivity (Wildman–Crippen MR) is 34.7 cm³/mol. The lowest BCUT2D eigenvalue weighted by atomic mass is 10.7. The Balaban J connectivity index is 0. The van der Waals surface area contributed by atoms with E-state index in [0.717, 1.165) is 0 Å². The topological polar surface area (TPSA) is 49.9 Å². The third-order valence-electron chi connectivity index (χ3n) is 0.235. The number of hydrogen-bond acceptors (Lipinski definition) is 1. The van der Waals surface area contributed by atoms with Crippen LogP contribution in [0.25, 0.3) is 0 Å². The summed E-state index contributed by atoms with van der Waals surface area (Å²) in [5, 5.41) is 6.46. The van der Waals surface area contributed by atoms with Crippen molar-refractivity contribution in [2.45, 2.75) is 4.84 Å². The van der Waals surface area contributed by atoms with E-state index < -0.39 is 4.84 Å². The van der Waals surface area contributed by atoms with E-state index in [1.54, 1.807) is 0 Å². The van der Waals surface area contributed by atoms with Crippen molar-refractivity contribution in [3.8, 4) is 0 Å². The van der Waals surface area contributed by atoms with Crippen molar-refractivity contribution in [1.82, 2.24) is 0 Å². The Kier molecular flexibility index (Phi) is 6.65. The summed E-state index contributed by atoms with van der Waals surface area (Å²) in [4.78, 5) is -0.843. The molecule has 0 aromatic heterocycles. The molecule has 44 valence electrons. The quantitative estimate of drug-likeness (QED) is 0.340. The Labute approximate surface area is 57.9 Å². The molecule has 0 fully saturated rings. The normalized spacial score (nSPS) is 7.86. The number of halogens is 3. The van der Waals surface area contributed by atoms with E-state index in [4.69, 9.17) is 34.3 Å². The van der Waals surface area contributed by atoms with Gasteiger partial charge in [-0.1, -0.05) is 23.2 Å². The van der Waals surface area contributed by atoms with E-state index in [1.165, 1.54) is 0 Å². The van der Waals surface area contributed by atoms with Gasteiger partial charge in [0.05, 0.1) is 0 Å². The first-order valence-corrected chi connectivity index (χ1v) is 2.14. The van der Waals surface area contributed by atoms with E-state index in [1.807, 2.05) is 0 Å². The summed E-state index contributed by atoms with van der Waals surface area (Å²) in [5.41, 5.74) is 4.75. The highest BCUT2D eigenvalue weighted by molar-refractivity contribution is 6.53. The molecule has 0 amide bonds. The highest BCUT2D eigenvalue weighted by Crippen LogP contribution is 1.97. The molecule has 0 radical (unpaired) electrons. The third kappa shape index (κ3) is 6.34. The Morgan fingerprint density at radius 1 is 1.57 bits per heavy atom. The van der Waals surface area contributed by atoms with Crippen molar-refractivity contribution in [2.75, 3.05) is 0 Å². The van der Waals surface area contributed by atoms with Crippen LogP contribution >= 0.6 is 35.6 Å². The molecule has 0 aromatic carbocycles. The molecule has 0 unspecified atom stereocenters. The Bertz CT molecular complexity index is 62.0. The van der Waals surface area contributed by atoms with Crippen molar-refractivity contribution in [2.24, 2.45) is 5.73 Å². The van der Waals surface area contributed by atoms with Gasteiger partial charge in [-0.2, -0.15) is 0 Å². The zero-order valence-electron chi connectivity index (χ0n) is 3.32. The SMILES string of the molecule is Cl.N=C(N)C(Cl)Cl. The standard InChI is InChI=1S/C2H4Cl2N2.ClH/c3-1(4)2(5)6;/h1H,(H3,5,6);1H. The molecule has 7 heavy (non-hydrogen) atoms. The molecule has 0 bridgehead atoms. The molecule has 0 spiro atoms. The van der Waals surface area contributed by atoms with Gasteiger partial charge in [0.15, 0.2) is 4.84 Å². The van der Waals surface area contributed by atoms with Crippen molar-refractivity contribution in [1.29, 1.82) is 5.41 Å². The van der Waals surface area contributed by atoms with E-state index in [2.05, 4.69) is 0 Å². The van der Waals surface area contributed by atoms with Gasteiger partial charge < -0.3 is 5.73 Å². The molecule has 5 heteroatoms. The average molecular weight is 163 g/mol. The highest BCUT2D eigenvalue weighted by atomic mass is 35.5.